The van der Waals surface area contributed by atoms with Crippen LogP contribution in [-0.2, 0) is 10.3 Å². The molecule has 0 N–H and O–H groups in total. The lowest BCUT2D eigenvalue weighted by molar-refractivity contribution is 0.183. The molecule has 1 unspecified atom stereocenters. The van der Waals surface area contributed by atoms with E-state index in [0.29, 0.717) is 6.61 Å². The molecule has 7 heteroatoms. The molecule has 152 valence electrons. The Morgan fingerprint density at radius 3 is 2.55 bits per heavy atom. The van der Waals surface area contributed by atoms with Crippen LogP contribution >= 0.6 is 22.9 Å². The Morgan fingerprint density at radius 1 is 1.14 bits per heavy atom. The number of aryl methyl sites for hydroxylation is 2. The van der Waals surface area contributed by atoms with Gasteiger partial charge >= 0.3 is 0 Å². The molecule has 4 rings (SSSR count). The maximum atomic E-state index is 6.16. The van der Waals surface area contributed by atoms with Gasteiger partial charge in [0.15, 0.2) is 5.82 Å². The summed E-state index contributed by atoms with van der Waals surface area (Å²) in [6.07, 6.45) is 1.71. The first-order valence-electron chi connectivity index (χ1n) is 9.73. The molecule has 0 fully saturated rings. The van der Waals surface area contributed by atoms with E-state index in [-0.39, 0.29) is 0 Å². The molecule has 3 aromatic rings. The Hall–Kier alpha value is -2.02. The van der Waals surface area contributed by atoms with Crippen LogP contribution in [0.15, 0.2) is 29.3 Å². The van der Waals surface area contributed by atoms with Crippen LogP contribution in [-0.4, -0.2) is 34.2 Å². The number of hydrogen-bond acceptors (Lipinski definition) is 5. The second-order valence-corrected chi connectivity index (χ2v) is 9.35. The summed E-state index contributed by atoms with van der Waals surface area (Å²) in [6, 6.07) is 7.94. The highest BCUT2D eigenvalue weighted by atomic mass is 35.5. The molecule has 1 atom stereocenters. The summed E-state index contributed by atoms with van der Waals surface area (Å²) in [7, 11) is 1.73. The van der Waals surface area contributed by atoms with Crippen LogP contribution in [0.25, 0.3) is 5.00 Å². The van der Waals surface area contributed by atoms with Gasteiger partial charge in [0.05, 0.1) is 5.71 Å². The topological polar surface area (TPSA) is 52.3 Å². The van der Waals surface area contributed by atoms with E-state index in [1.165, 1.54) is 10.4 Å². The molecule has 0 bridgehead atoms. The molecule has 0 spiro atoms. The minimum atomic E-state index is -0.506. The molecular formula is C22H25ClN4OS. The zero-order valence-electron chi connectivity index (χ0n) is 17.4. The van der Waals surface area contributed by atoms with E-state index in [0.717, 1.165) is 51.4 Å². The largest absolute Gasteiger partial charge is 0.385 e. The zero-order valence-corrected chi connectivity index (χ0v) is 19.0. The first-order valence-corrected chi connectivity index (χ1v) is 10.9. The number of nitrogens with zero attached hydrogens (tertiary/aromatic N) is 4. The quantitative estimate of drug-likeness (QED) is 0.511. The number of aliphatic imine (C=N–C) groups is 1. The van der Waals surface area contributed by atoms with Crippen LogP contribution in [0.5, 0.6) is 0 Å². The summed E-state index contributed by atoms with van der Waals surface area (Å²) in [5.74, 6) is 1.77. The summed E-state index contributed by atoms with van der Waals surface area (Å²) in [5.41, 5.74) is 3.95. The number of aromatic nitrogens is 3. The van der Waals surface area contributed by atoms with Crippen molar-refractivity contribution in [2.45, 2.75) is 46.1 Å². The number of rotatable bonds is 5. The fraction of sp³-hybridized carbons (Fsp3) is 0.409. The number of hydrogen-bond donors (Lipinski definition) is 0. The van der Waals surface area contributed by atoms with Crippen LogP contribution in [0.1, 0.15) is 53.0 Å². The molecular weight excluding hydrogens is 404 g/mol. The molecule has 0 aliphatic carbocycles. The van der Waals surface area contributed by atoms with Crippen molar-refractivity contribution < 1.29 is 4.74 Å². The second-order valence-electron chi connectivity index (χ2n) is 7.71. The molecule has 1 aliphatic rings. The maximum Gasteiger partial charge on any atom is 0.166 e. The van der Waals surface area contributed by atoms with Crippen molar-refractivity contribution in [1.29, 1.82) is 0 Å². The number of thiophene rings is 1. The molecule has 3 heterocycles. The van der Waals surface area contributed by atoms with E-state index < -0.39 is 5.54 Å². The number of ether oxygens (including phenoxy) is 1. The van der Waals surface area contributed by atoms with Crippen LogP contribution in [0.2, 0.25) is 5.02 Å². The predicted octanol–water partition coefficient (Wildman–Crippen LogP) is 5.40. The van der Waals surface area contributed by atoms with Gasteiger partial charge < -0.3 is 4.74 Å². The van der Waals surface area contributed by atoms with Gasteiger partial charge in [-0.1, -0.05) is 23.7 Å². The maximum absolute atomic E-state index is 6.16. The predicted molar refractivity (Wildman–Crippen MR) is 119 cm³/mol. The summed E-state index contributed by atoms with van der Waals surface area (Å²) in [4.78, 5) is 6.63. The fourth-order valence-corrected chi connectivity index (χ4v) is 5.23. The third-order valence-electron chi connectivity index (χ3n) is 5.60. The van der Waals surface area contributed by atoms with Gasteiger partial charge in [-0.25, -0.2) is 0 Å². The Kier molecular flexibility index (Phi) is 5.36. The summed E-state index contributed by atoms with van der Waals surface area (Å²) in [5, 5.41) is 10.9. The minimum Gasteiger partial charge on any atom is -0.385 e. The lowest BCUT2D eigenvalue weighted by Gasteiger charge is -2.24. The van der Waals surface area contributed by atoms with Gasteiger partial charge in [0.25, 0.3) is 0 Å². The van der Waals surface area contributed by atoms with Crippen molar-refractivity contribution in [3.8, 4) is 5.00 Å². The molecule has 5 nitrogen and oxygen atoms in total. The lowest BCUT2D eigenvalue weighted by atomic mass is 9.94. The van der Waals surface area contributed by atoms with Crippen molar-refractivity contribution >= 4 is 28.6 Å². The number of halogens is 1. The number of benzene rings is 1. The SMILES string of the molecule is COCCCC1(C)N=C(c2ccc(Cl)cc2)c2c(sc(C)c2C)-n2c(C)nnc21. The normalized spacial score (nSPS) is 18.2. The van der Waals surface area contributed by atoms with Gasteiger partial charge in [-0.15, -0.1) is 21.5 Å². The van der Waals surface area contributed by atoms with Crippen LogP contribution in [0.4, 0.5) is 0 Å². The van der Waals surface area contributed by atoms with Crippen LogP contribution in [0, 0.1) is 20.8 Å². The van der Waals surface area contributed by atoms with E-state index >= 15 is 0 Å². The van der Waals surface area contributed by atoms with Gasteiger partial charge in [-0.05, 0) is 58.2 Å². The third kappa shape index (κ3) is 3.43. The molecule has 0 amide bonds. The van der Waals surface area contributed by atoms with E-state index in [4.69, 9.17) is 21.3 Å². The van der Waals surface area contributed by atoms with Gasteiger partial charge in [-0.3, -0.25) is 9.56 Å². The molecule has 0 saturated heterocycles. The van der Waals surface area contributed by atoms with Crippen molar-refractivity contribution in [3.05, 3.63) is 62.5 Å². The summed E-state index contributed by atoms with van der Waals surface area (Å²) >= 11 is 7.93. The fourth-order valence-electron chi connectivity index (χ4n) is 3.90. The summed E-state index contributed by atoms with van der Waals surface area (Å²) in [6.45, 7) is 9.17. The highest BCUT2D eigenvalue weighted by molar-refractivity contribution is 7.15. The smallest absolute Gasteiger partial charge is 0.166 e. The zero-order chi connectivity index (χ0) is 20.8. The van der Waals surface area contributed by atoms with Gasteiger partial charge in [-0.2, -0.15) is 0 Å². The highest BCUT2D eigenvalue weighted by Gasteiger charge is 2.38. The average Bonchev–Trinajstić information content (AvgIpc) is 3.18. The van der Waals surface area contributed by atoms with Crippen LogP contribution < -0.4 is 0 Å². The van der Waals surface area contributed by atoms with Gasteiger partial charge in [0.1, 0.15) is 16.4 Å². The lowest BCUT2D eigenvalue weighted by Crippen LogP contribution is -2.25. The molecule has 29 heavy (non-hydrogen) atoms. The minimum absolute atomic E-state index is 0.506. The molecule has 0 radical (unpaired) electrons. The Morgan fingerprint density at radius 2 is 1.86 bits per heavy atom. The second kappa shape index (κ2) is 7.67. The number of methoxy groups -OCH3 is 1. The highest BCUT2D eigenvalue weighted by Crippen LogP contribution is 2.42. The van der Waals surface area contributed by atoms with E-state index in [9.17, 15) is 0 Å². The van der Waals surface area contributed by atoms with Crippen molar-refractivity contribution in [2.24, 2.45) is 4.99 Å². The van der Waals surface area contributed by atoms with E-state index in [1.54, 1.807) is 18.4 Å². The first kappa shape index (κ1) is 20.3. The third-order valence-corrected chi connectivity index (χ3v) is 7.05. The average molecular weight is 429 g/mol. The van der Waals surface area contributed by atoms with Crippen molar-refractivity contribution in [1.82, 2.24) is 14.8 Å². The number of fused-ring (bicyclic) bond motifs is 3. The van der Waals surface area contributed by atoms with Gasteiger partial charge in [0.2, 0.25) is 0 Å². The molecule has 0 saturated carbocycles. The Bertz CT molecular complexity index is 1080. The van der Waals surface area contributed by atoms with E-state index in [1.807, 2.05) is 31.2 Å². The Balaban J connectivity index is 2.00. The monoisotopic (exact) mass is 428 g/mol. The standard InChI is InChI=1S/C22H25ClN4OS/c1-13-14(2)29-20-18(13)19(16-7-9-17(23)10-8-16)24-22(4,11-6-12-28-5)21-26-25-15(3)27(20)21/h7-10H,6,11-12H2,1-5H3. The van der Waals surface area contributed by atoms with Crippen molar-refractivity contribution in [2.75, 3.05) is 13.7 Å². The Labute approximate surface area is 180 Å². The van der Waals surface area contributed by atoms with Crippen molar-refractivity contribution in [3.63, 3.8) is 0 Å². The van der Waals surface area contributed by atoms with Crippen LogP contribution in [0.3, 0.4) is 0 Å². The van der Waals surface area contributed by atoms with Gasteiger partial charge in [0, 0.05) is 34.7 Å². The summed E-state index contributed by atoms with van der Waals surface area (Å²) < 4.78 is 7.50. The molecule has 2 aromatic heterocycles. The molecule has 1 aliphatic heterocycles. The van der Waals surface area contributed by atoms with E-state index in [2.05, 4.69) is 35.5 Å². The first-order chi connectivity index (χ1) is 13.9. The molecule has 1 aromatic carbocycles.